The number of aliphatic hydroxyl groups excluding tert-OH is 1. The molecule has 1 aliphatic rings. The van der Waals surface area contributed by atoms with Gasteiger partial charge in [0.05, 0.1) is 11.5 Å². The highest BCUT2D eigenvalue weighted by atomic mass is 32.2. The molecule has 0 bridgehead atoms. The SMILES string of the molecule is NCCCC(=O)NC[C@@H]1CCCN1C(=O)[C@H](CO)NS(=O)(=O)c1ccc2ccccc2c1. The van der Waals surface area contributed by atoms with Crippen molar-refractivity contribution in [2.75, 3.05) is 26.2 Å². The molecule has 9 nitrogen and oxygen atoms in total. The zero-order chi connectivity index (χ0) is 23.1. The van der Waals surface area contributed by atoms with Crippen molar-refractivity contribution in [3.8, 4) is 0 Å². The van der Waals surface area contributed by atoms with Gasteiger partial charge in [0.2, 0.25) is 21.8 Å². The van der Waals surface area contributed by atoms with E-state index < -0.39 is 28.6 Å². The maximum absolute atomic E-state index is 13.0. The van der Waals surface area contributed by atoms with E-state index in [1.807, 2.05) is 18.2 Å². The average molecular weight is 463 g/mol. The zero-order valence-corrected chi connectivity index (χ0v) is 18.7. The van der Waals surface area contributed by atoms with Crippen LogP contribution in [0.1, 0.15) is 25.7 Å². The van der Waals surface area contributed by atoms with Gasteiger partial charge in [-0.1, -0.05) is 30.3 Å². The molecule has 0 unspecified atom stereocenters. The summed E-state index contributed by atoms with van der Waals surface area (Å²) >= 11 is 0. The van der Waals surface area contributed by atoms with E-state index in [1.54, 1.807) is 12.1 Å². The van der Waals surface area contributed by atoms with Crippen LogP contribution in [-0.2, 0) is 19.6 Å². The van der Waals surface area contributed by atoms with Crippen molar-refractivity contribution in [3.05, 3.63) is 42.5 Å². The molecule has 174 valence electrons. The van der Waals surface area contributed by atoms with Gasteiger partial charge in [-0.25, -0.2) is 8.42 Å². The summed E-state index contributed by atoms with van der Waals surface area (Å²) in [7, 11) is -4.03. The quantitative estimate of drug-likeness (QED) is 0.401. The number of nitrogens with zero attached hydrogens (tertiary/aromatic N) is 1. The number of carbonyl (C=O) groups excluding carboxylic acids is 2. The first-order chi connectivity index (χ1) is 15.4. The van der Waals surface area contributed by atoms with E-state index in [2.05, 4.69) is 10.0 Å². The van der Waals surface area contributed by atoms with Gasteiger partial charge in [-0.2, -0.15) is 4.72 Å². The molecule has 32 heavy (non-hydrogen) atoms. The fourth-order valence-corrected chi connectivity index (χ4v) is 5.09. The zero-order valence-electron chi connectivity index (χ0n) is 17.9. The highest BCUT2D eigenvalue weighted by Gasteiger charge is 2.35. The lowest BCUT2D eigenvalue weighted by Crippen LogP contribution is -2.53. The van der Waals surface area contributed by atoms with E-state index in [-0.39, 0.29) is 23.4 Å². The Bertz CT molecular complexity index is 1060. The van der Waals surface area contributed by atoms with Crippen LogP contribution in [0.25, 0.3) is 10.8 Å². The highest BCUT2D eigenvalue weighted by molar-refractivity contribution is 7.89. The number of sulfonamides is 1. The van der Waals surface area contributed by atoms with E-state index >= 15 is 0 Å². The van der Waals surface area contributed by atoms with E-state index in [9.17, 15) is 23.1 Å². The number of nitrogens with two attached hydrogens (primary N) is 1. The first-order valence-corrected chi connectivity index (χ1v) is 12.2. The lowest BCUT2D eigenvalue weighted by molar-refractivity contribution is -0.135. The van der Waals surface area contributed by atoms with Crippen LogP contribution in [0.5, 0.6) is 0 Å². The Labute approximate surface area is 188 Å². The molecule has 2 amide bonds. The topological polar surface area (TPSA) is 142 Å². The number of carbonyl (C=O) groups is 2. The molecule has 0 radical (unpaired) electrons. The number of hydrogen-bond acceptors (Lipinski definition) is 6. The van der Waals surface area contributed by atoms with Gasteiger partial charge in [0.15, 0.2) is 0 Å². The summed E-state index contributed by atoms with van der Waals surface area (Å²) in [5.41, 5.74) is 5.41. The Morgan fingerprint density at radius 3 is 2.66 bits per heavy atom. The number of fused-ring (bicyclic) bond motifs is 1. The van der Waals surface area contributed by atoms with E-state index in [4.69, 9.17) is 5.73 Å². The maximum Gasteiger partial charge on any atom is 0.243 e. The summed E-state index contributed by atoms with van der Waals surface area (Å²) < 4.78 is 28.1. The van der Waals surface area contributed by atoms with Crippen molar-refractivity contribution in [1.82, 2.24) is 14.9 Å². The maximum atomic E-state index is 13.0. The van der Waals surface area contributed by atoms with Gasteiger partial charge >= 0.3 is 0 Å². The minimum Gasteiger partial charge on any atom is -0.394 e. The van der Waals surface area contributed by atoms with Gasteiger partial charge < -0.3 is 21.1 Å². The fourth-order valence-electron chi connectivity index (χ4n) is 3.88. The van der Waals surface area contributed by atoms with Crippen molar-refractivity contribution < 1.29 is 23.1 Å². The smallest absolute Gasteiger partial charge is 0.243 e. The molecule has 5 N–H and O–H groups in total. The molecule has 0 spiro atoms. The summed E-state index contributed by atoms with van der Waals surface area (Å²) in [6.07, 6.45) is 2.34. The molecule has 0 aromatic heterocycles. The number of benzene rings is 2. The molecule has 2 aromatic carbocycles. The fraction of sp³-hybridized carbons (Fsp3) is 0.455. The number of likely N-dealkylation sites (tertiary alicyclic amines) is 1. The minimum absolute atomic E-state index is 0.0209. The number of nitrogens with one attached hydrogen (secondary N) is 2. The summed E-state index contributed by atoms with van der Waals surface area (Å²) in [4.78, 5) is 26.5. The summed E-state index contributed by atoms with van der Waals surface area (Å²) in [5.74, 6) is -0.638. The van der Waals surface area contributed by atoms with Crippen LogP contribution in [0.15, 0.2) is 47.4 Å². The molecule has 1 fully saturated rings. The molecular weight excluding hydrogens is 432 g/mol. The number of aliphatic hydroxyl groups is 1. The van der Waals surface area contributed by atoms with Crippen LogP contribution in [-0.4, -0.2) is 68.6 Å². The van der Waals surface area contributed by atoms with Crippen LogP contribution >= 0.6 is 0 Å². The predicted octanol–water partition coefficient (Wildman–Crippen LogP) is 0.325. The third-order valence-electron chi connectivity index (χ3n) is 5.61. The number of hydrogen-bond donors (Lipinski definition) is 4. The monoisotopic (exact) mass is 462 g/mol. The van der Waals surface area contributed by atoms with E-state index in [0.717, 1.165) is 17.2 Å². The van der Waals surface area contributed by atoms with Crippen molar-refractivity contribution in [3.63, 3.8) is 0 Å². The normalized spacial score (nSPS) is 17.4. The Balaban J connectivity index is 1.68. The lowest BCUT2D eigenvalue weighted by Gasteiger charge is -2.28. The molecule has 0 saturated carbocycles. The largest absolute Gasteiger partial charge is 0.394 e. The van der Waals surface area contributed by atoms with Gasteiger partial charge in [-0.15, -0.1) is 0 Å². The Morgan fingerprint density at radius 1 is 1.19 bits per heavy atom. The van der Waals surface area contributed by atoms with Crippen LogP contribution in [0, 0.1) is 0 Å². The molecule has 2 aromatic rings. The summed E-state index contributed by atoms with van der Waals surface area (Å²) in [6.45, 7) is 0.482. The molecular formula is C22H30N4O5S. The lowest BCUT2D eigenvalue weighted by atomic mass is 10.1. The highest BCUT2D eigenvalue weighted by Crippen LogP contribution is 2.21. The van der Waals surface area contributed by atoms with Crippen LogP contribution in [0.3, 0.4) is 0 Å². The average Bonchev–Trinajstić information content (AvgIpc) is 3.27. The Kier molecular flexibility index (Phi) is 8.19. The Hall–Kier alpha value is -2.53. The van der Waals surface area contributed by atoms with Crippen LogP contribution in [0.4, 0.5) is 0 Å². The molecule has 1 aliphatic heterocycles. The summed E-state index contributed by atoms with van der Waals surface area (Å²) in [5, 5.41) is 14.2. The minimum atomic E-state index is -4.03. The molecule has 10 heteroatoms. The second kappa shape index (κ2) is 10.9. The van der Waals surface area contributed by atoms with Crippen LogP contribution in [0.2, 0.25) is 0 Å². The van der Waals surface area contributed by atoms with Gasteiger partial charge in [0.25, 0.3) is 0 Å². The van der Waals surface area contributed by atoms with Crippen molar-refractivity contribution in [2.24, 2.45) is 5.73 Å². The van der Waals surface area contributed by atoms with Crippen molar-refractivity contribution >= 4 is 32.6 Å². The Morgan fingerprint density at radius 2 is 1.94 bits per heavy atom. The molecule has 0 aliphatic carbocycles. The van der Waals surface area contributed by atoms with Gasteiger partial charge in [-0.3, -0.25) is 9.59 Å². The molecule has 2 atom stereocenters. The van der Waals surface area contributed by atoms with Crippen LogP contribution < -0.4 is 15.8 Å². The third kappa shape index (κ3) is 5.83. The summed E-state index contributed by atoms with van der Waals surface area (Å²) in [6, 6.07) is 10.5. The second-order valence-corrected chi connectivity index (χ2v) is 9.60. The van der Waals surface area contributed by atoms with E-state index in [1.165, 1.54) is 17.0 Å². The second-order valence-electron chi connectivity index (χ2n) is 7.89. The number of rotatable bonds is 10. The standard InChI is InChI=1S/C22H30N4O5S/c23-11-3-8-21(28)24-14-18-7-4-12-26(18)22(29)20(15-27)25-32(30,31)19-10-9-16-5-1-2-6-17(16)13-19/h1-2,5-6,9-10,13,18,20,25,27H,3-4,7-8,11-12,14-15,23H2,(H,24,28)/t18-,20-/m0/s1. The first-order valence-electron chi connectivity index (χ1n) is 10.7. The van der Waals surface area contributed by atoms with Crippen molar-refractivity contribution in [2.45, 2.75) is 42.7 Å². The molecule has 1 heterocycles. The van der Waals surface area contributed by atoms with Gasteiger partial charge in [-0.05, 0) is 48.7 Å². The number of amides is 2. The molecule has 3 rings (SSSR count). The predicted molar refractivity (Wildman–Crippen MR) is 121 cm³/mol. The van der Waals surface area contributed by atoms with Gasteiger partial charge in [0, 0.05) is 25.6 Å². The first kappa shape index (κ1) is 24.1. The molecule has 1 saturated heterocycles. The third-order valence-corrected chi connectivity index (χ3v) is 7.08. The van der Waals surface area contributed by atoms with Crippen molar-refractivity contribution in [1.29, 1.82) is 0 Å². The van der Waals surface area contributed by atoms with Gasteiger partial charge in [0.1, 0.15) is 6.04 Å². The van der Waals surface area contributed by atoms with E-state index in [0.29, 0.717) is 32.4 Å².